The molecule has 0 unspecified atom stereocenters. The first-order valence-corrected chi connectivity index (χ1v) is 11.4. The zero-order valence-corrected chi connectivity index (χ0v) is 19.2. The summed E-state index contributed by atoms with van der Waals surface area (Å²) in [6, 6.07) is 11.4. The molecule has 7 nitrogen and oxygen atoms in total. The number of carbonyl (C=O) groups is 2. The molecule has 1 aliphatic heterocycles. The van der Waals surface area contributed by atoms with Gasteiger partial charge >= 0.3 is 5.97 Å². The van der Waals surface area contributed by atoms with Crippen molar-refractivity contribution in [1.82, 2.24) is 4.90 Å². The van der Waals surface area contributed by atoms with Crippen molar-refractivity contribution in [1.29, 1.82) is 0 Å². The fraction of sp³-hybridized carbons (Fsp3) is 0.440. The van der Waals surface area contributed by atoms with Gasteiger partial charge in [0.2, 0.25) is 0 Å². The zero-order valence-electron chi connectivity index (χ0n) is 19.2. The van der Waals surface area contributed by atoms with Gasteiger partial charge in [0.15, 0.2) is 18.1 Å². The Bertz CT molecular complexity index is 944. The summed E-state index contributed by atoms with van der Waals surface area (Å²) in [5, 5.41) is 0. The molecule has 1 heterocycles. The van der Waals surface area contributed by atoms with Crippen molar-refractivity contribution in [3.8, 4) is 11.5 Å². The van der Waals surface area contributed by atoms with Crippen LogP contribution in [0.4, 0.5) is 10.1 Å². The molecule has 0 aliphatic carbocycles. The van der Waals surface area contributed by atoms with Gasteiger partial charge in [-0.15, -0.1) is 0 Å². The number of ether oxygens (including phenoxy) is 3. The lowest BCUT2D eigenvalue weighted by molar-refractivity contribution is -0.134. The van der Waals surface area contributed by atoms with Crippen molar-refractivity contribution in [3.63, 3.8) is 0 Å². The maximum Gasteiger partial charge on any atom is 0.338 e. The van der Waals surface area contributed by atoms with Crippen LogP contribution in [-0.4, -0.2) is 62.8 Å². The van der Waals surface area contributed by atoms with Gasteiger partial charge in [0.1, 0.15) is 5.82 Å². The molecule has 3 rings (SSSR count). The van der Waals surface area contributed by atoms with E-state index in [2.05, 4.69) is 6.92 Å². The van der Waals surface area contributed by atoms with Crippen LogP contribution in [0.25, 0.3) is 0 Å². The Morgan fingerprint density at radius 3 is 2.42 bits per heavy atom. The van der Waals surface area contributed by atoms with Crippen molar-refractivity contribution in [2.45, 2.75) is 26.7 Å². The van der Waals surface area contributed by atoms with E-state index in [1.165, 1.54) is 6.07 Å². The number of hydrogen-bond acceptors (Lipinski definition) is 6. The summed E-state index contributed by atoms with van der Waals surface area (Å²) in [5.74, 6) is -0.112. The molecular formula is C25H31FN2O5. The molecule has 178 valence electrons. The lowest BCUT2D eigenvalue weighted by atomic mass is 10.2. The Kier molecular flexibility index (Phi) is 8.92. The number of amides is 1. The average Bonchev–Trinajstić information content (AvgIpc) is 2.84. The highest BCUT2D eigenvalue weighted by molar-refractivity contribution is 5.92. The summed E-state index contributed by atoms with van der Waals surface area (Å²) in [7, 11) is 0. The van der Waals surface area contributed by atoms with Gasteiger partial charge in [-0.2, -0.15) is 0 Å². The fourth-order valence-electron chi connectivity index (χ4n) is 3.56. The predicted octanol–water partition coefficient (Wildman–Crippen LogP) is 3.91. The monoisotopic (exact) mass is 458 g/mol. The maximum absolute atomic E-state index is 14.0. The van der Waals surface area contributed by atoms with Gasteiger partial charge in [0.25, 0.3) is 5.91 Å². The first-order valence-electron chi connectivity index (χ1n) is 11.4. The molecule has 0 spiro atoms. The van der Waals surface area contributed by atoms with Crippen LogP contribution < -0.4 is 14.4 Å². The van der Waals surface area contributed by atoms with Gasteiger partial charge in [-0.1, -0.05) is 25.5 Å². The first kappa shape index (κ1) is 24.4. The smallest absolute Gasteiger partial charge is 0.338 e. The SMILES string of the molecule is CCCCOc1ccc(C(=O)OCC(=O)N2CCN(c3ccccc3F)CC2)cc1OCC. The fourth-order valence-corrected chi connectivity index (χ4v) is 3.56. The molecule has 1 amide bonds. The van der Waals surface area contributed by atoms with Crippen molar-refractivity contribution in [3.05, 3.63) is 53.8 Å². The molecule has 0 aromatic heterocycles. The number of para-hydroxylation sites is 1. The average molecular weight is 459 g/mol. The third-order valence-electron chi connectivity index (χ3n) is 5.39. The van der Waals surface area contributed by atoms with E-state index >= 15 is 0 Å². The number of halogens is 1. The number of hydrogen-bond donors (Lipinski definition) is 0. The number of carbonyl (C=O) groups excluding carboxylic acids is 2. The zero-order chi connectivity index (χ0) is 23.6. The lowest BCUT2D eigenvalue weighted by Gasteiger charge is -2.36. The van der Waals surface area contributed by atoms with Crippen LogP contribution in [0.15, 0.2) is 42.5 Å². The molecule has 8 heteroatoms. The molecule has 2 aromatic rings. The van der Waals surface area contributed by atoms with E-state index in [4.69, 9.17) is 14.2 Å². The van der Waals surface area contributed by atoms with Gasteiger partial charge in [-0.25, -0.2) is 9.18 Å². The van der Waals surface area contributed by atoms with Crippen LogP contribution >= 0.6 is 0 Å². The van der Waals surface area contributed by atoms with Crippen molar-refractivity contribution >= 4 is 17.6 Å². The van der Waals surface area contributed by atoms with Gasteiger partial charge < -0.3 is 24.0 Å². The third-order valence-corrected chi connectivity index (χ3v) is 5.39. The van der Waals surface area contributed by atoms with Crippen molar-refractivity contribution < 1.29 is 28.2 Å². The second-order valence-corrected chi connectivity index (χ2v) is 7.69. The van der Waals surface area contributed by atoms with Crippen molar-refractivity contribution in [2.75, 3.05) is 50.9 Å². The number of esters is 1. The molecular weight excluding hydrogens is 427 g/mol. The Morgan fingerprint density at radius 2 is 1.73 bits per heavy atom. The molecule has 0 N–H and O–H groups in total. The standard InChI is InChI=1S/C25H31FN2O5/c1-3-5-16-32-22-11-10-19(17-23(22)31-4-2)25(30)33-18-24(29)28-14-12-27(13-15-28)21-9-7-6-8-20(21)26/h6-11,17H,3-5,12-16,18H2,1-2H3. The summed E-state index contributed by atoms with van der Waals surface area (Å²) >= 11 is 0. The number of anilines is 1. The Balaban J connectivity index is 1.51. The molecule has 1 fully saturated rings. The molecule has 1 aliphatic rings. The molecule has 0 bridgehead atoms. The van der Waals surface area contributed by atoms with E-state index < -0.39 is 5.97 Å². The minimum Gasteiger partial charge on any atom is -0.490 e. The van der Waals surface area contributed by atoms with Gasteiger partial charge in [0.05, 0.1) is 24.5 Å². The van der Waals surface area contributed by atoms with E-state index in [-0.39, 0.29) is 18.3 Å². The quantitative estimate of drug-likeness (QED) is 0.397. The van der Waals surface area contributed by atoms with E-state index in [1.54, 1.807) is 41.3 Å². The summed E-state index contributed by atoms with van der Waals surface area (Å²) in [6.45, 7) is 6.47. The largest absolute Gasteiger partial charge is 0.490 e. The molecule has 0 radical (unpaired) electrons. The molecule has 1 saturated heterocycles. The predicted molar refractivity (Wildman–Crippen MR) is 123 cm³/mol. The maximum atomic E-state index is 14.0. The molecule has 0 atom stereocenters. The highest BCUT2D eigenvalue weighted by Crippen LogP contribution is 2.29. The summed E-state index contributed by atoms with van der Waals surface area (Å²) in [5.41, 5.74) is 0.821. The second-order valence-electron chi connectivity index (χ2n) is 7.69. The normalized spacial score (nSPS) is 13.5. The Labute approximate surface area is 194 Å². The minimum absolute atomic E-state index is 0.277. The highest BCUT2D eigenvalue weighted by Gasteiger charge is 2.24. The van der Waals surface area contributed by atoms with Crippen LogP contribution in [0.3, 0.4) is 0 Å². The molecule has 33 heavy (non-hydrogen) atoms. The van der Waals surface area contributed by atoms with Crippen LogP contribution in [-0.2, 0) is 9.53 Å². The lowest BCUT2D eigenvalue weighted by Crippen LogP contribution is -2.50. The Hall–Kier alpha value is -3.29. The minimum atomic E-state index is -0.602. The summed E-state index contributed by atoms with van der Waals surface area (Å²) in [4.78, 5) is 28.6. The molecule has 0 saturated carbocycles. The van der Waals surface area contributed by atoms with E-state index in [0.717, 1.165) is 12.8 Å². The number of piperazine rings is 1. The van der Waals surface area contributed by atoms with Crippen LogP contribution in [0.1, 0.15) is 37.0 Å². The number of unbranched alkanes of at least 4 members (excludes halogenated alkanes) is 1. The van der Waals surface area contributed by atoms with Gasteiger partial charge in [0, 0.05) is 26.2 Å². The second kappa shape index (κ2) is 12.1. The number of nitrogens with zero attached hydrogens (tertiary/aromatic N) is 2. The molecule has 2 aromatic carbocycles. The van der Waals surface area contributed by atoms with E-state index in [9.17, 15) is 14.0 Å². The van der Waals surface area contributed by atoms with Crippen LogP contribution in [0.5, 0.6) is 11.5 Å². The van der Waals surface area contributed by atoms with Gasteiger partial charge in [-0.3, -0.25) is 4.79 Å². The number of rotatable bonds is 10. The Morgan fingerprint density at radius 1 is 0.970 bits per heavy atom. The highest BCUT2D eigenvalue weighted by atomic mass is 19.1. The first-order chi connectivity index (χ1) is 16.0. The third kappa shape index (κ3) is 6.60. The number of benzene rings is 2. The van der Waals surface area contributed by atoms with E-state index in [1.807, 2.05) is 11.8 Å². The van der Waals surface area contributed by atoms with Crippen LogP contribution in [0.2, 0.25) is 0 Å². The van der Waals surface area contributed by atoms with Crippen molar-refractivity contribution in [2.24, 2.45) is 0 Å². The summed E-state index contributed by atoms with van der Waals surface area (Å²) < 4.78 is 30.5. The topological polar surface area (TPSA) is 68.3 Å². The van der Waals surface area contributed by atoms with Crippen LogP contribution in [0, 0.1) is 5.82 Å². The van der Waals surface area contributed by atoms with Gasteiger partial charge in [-0.05, 0) is 43.7 Å². The summed E-state index contributed by atoms with van der Waals surface area (Å²) in [6.07, 6.45) is 1.94. The van der Waals surface area contributed by atoms with E-state index in [0.29, 0.717) is 62.1 Å².